The maximum atomic E-state index is 11.8. The van der Waals surface area contributed by atoms with Gasteiger partial charge in [0, 0.05) is 18.9 Å². The minimum atomic E-state index is -4.54. The molecule has 0 aliphatic heterocycles. The highest BCUT2D eigenvalue weighted by Crippen LogP contribution is 2.32. The van der Waals surface area contributed by atoms with Crippen molar-refractivity contribution in [3.05, 3.63) is 0 Å². The van der Waals surface area contributed by atoms with Crippen molar-refractivity contribution in [2.45, 2.75) is 56.4 Å². The highest BCUT2D eigenvalue weighted by Gasteiger charge is 2.40. The molecule has 2 saturated carbocycles. The standard InChI is InChI=1S/C11H18F3NO3/c12-11(13,14)18-10-5-9(6-10)17-2-1-16-8-3-7(15)4-8/h7-10H,1-6,15H2/t7?,8?,9-,10+. The first-order chi connectivity index (χ1) is 8.42. The molecular weight excluding hydrogens is 251 g/mol. The zero-order valence-electron chi connectivity index (χ0n) is 9.99. The van der Waals surface area contributed by atoms with Crippen molar-refractivity contribution in [2.75, 3.05) is 13.2 Å². The van der Waals surface area contributed by atoms with Crippen LogP contribution in [0, 0.1) is 0 Å². The summed E-state index contributed by atoms with van der Waals surface area (Å²) in [4.78, 5) is 0. The van der Waals surface area contributed by atoms with Gasteiger partial charge in [-0.1, -0.05) is 0 Å². The number of hydrogen-bond acceptors (Lipinski definition) is 4. The van der Waals surface area contributed by atoms with Gasteiger partial charge in [0.15, 0.2) is 0 Å². The van der Waals surface area contributed by atoms with Crippen LogP contribution >= 0.6 is 0 Å². The Morgan fingerprint density at radius 2 is 1.39 bits per heavy atom. The van der Waals surface area contributed by atoms with E-state index in [1.165, 1.54) is 0 Å². The summed E-state index contributed by atoms with van der Waals surface area (Å²) in [5, 5.41) is 0. The van der Waals surface area contributed by atoms with Gasteiger partial charge in [-0.25, -0.2) is 0 Å². The number of hydrogen-bond donors (Lipinski definition) is 1. The highest BCUT2D eigenvalue weighted by atomic mass is 19.4. The van der Waals surface area contributed by atoms with Gasteiger partial charge in [0.25, 0.3) is 0 Å². The van der Waals surface area contributed by atoms with Crippen LogP contribution in [-0.2, 0) is 14.2 Å². The van der Waals surface area contributed by atoms with Crippen molar-refractivity contribution in [3.63, 3.8) is 0 Å². The summed E-state index contributed by atoms with van der Waals surface area (Å²) in [6, 6.07) is 0.253. The summed E-state index contributed by atoms with van der Waals surface area (Å²) < 4.78 is 50.2. The Labute approximate surface area is 104 Å². The lowest BCUT2D eigenvalue weighted by molar-refractivity contribution is -0.357. The molecule has 0 aromatic heterocycles. The maximum absolute atomic E-state index is 11.8. The van der Waals surface area contributed by atoms with Gasteiger partial charge in [0.1, 0.15) is 0 Å². The van der Waals surface area contributed by atoms with Gasteiger partial charge in [-0.15, -0.1) is 13.2 Å². The lowest BCUT2D eigenvalue weighted by Crippen LogP contribution is -2.43. The first kappa shape index (κ1) is 14.0. The summed E-state index contributed by atoms with van der Waals surface area (Å²) in [6.07, 6.45) is -2.84. The average Bonchev–Trinajstić information content (AvgIpc) is 2.14. The summed E-state index contributed by atoms with van der Waals surface area (Å²) in [5.74, 6) is 0. The second kappa shape index (κ2) is 5.73. The number of halogens is 3. The van der Waals surface area contributed by atoms with E-state index in [9.17, 15) is 13.2 Å². The Morgan fingerprint density at radius 1 is 0.889 bits per heavy atom. The van der Waals surface area contributed by atoms with Crippen molar-refractivity contribution in [3.8, 4) is 0 Å². The molecule has 2 N–H and O–H groups in total. The third-order valence-electron chi connectivity index (χ3n) is 3.27. The molecule has 2 aliphatic carbocycles. The van der Waals surface area contributed by atoms with E-state index in [2.05, 4.69) is 4.74 Å². The Hall–Kier alpha value is -0.370. The SMILES string of the molecule is NC1CC(OCCO[C@H]2C[C@@H](OC(F)(F)F)C2)C1. The quantitative estimate of drug-likeness (QED) is 0.744. The van der Waals surface area contributed by atoms with Crippen LogP contribution in [0.4, 0.5) is 13.2 Å². The summed E-state index contributed by atoms with van der Waals surface area (Å²) >= 11 is 0. The molecule has 4 nitrogen and oxygen atoms in total. The van der Waals surface area contributed by atoms with Crippen LogP contribution in [0.15, 0.2) is 0 Å². The highest BCUT2D eigenvalue weighted by molar-refractivity contribution is 4.83. The van der Waals surface area contributed by atoms with Crippen LogP contribution in [0.1, 0.15) is 25.7 Å². The zero-order chi connectivity index (χ0) is 13.2. The van der Waals surface area contributed by atoms with Crippen molar-refractivity contribution >= 4 is 0 Å². The molecule has 0 radical (unpaired) electrons. The number of rotatable bonds is 6. The third kappa shape index (κ3) is 4.38. The molecule has 0 amide bonds. The average molecular weight is 269 g/mol. The van der Waals surface area contributed by atoms with Gasteiger partial charge in [-0.3, -0.25) is 4.74 Å². The molecule has 0 heterocycles. The van der Waals surface area contributed by atoms with Gasteiger partial charge >= 0.3 is 6.36 Å². The molecule has 2 aliphatic rings. The Bertz CT molecular complexity index is 263. The fourth-order valence-corrected chi connectivity index (χ4v) is 2.11. The molecule has 0 aromatic rings. The van der Waals surface area contributed by atoms with Crippen molar-refractivity contribution in [1.29, 1.82) is 0 Å². The van der Waals surface area contributed by atoms with Crippen molar-refractivity contribution in [1.82, 2.24) is 0 Å². The lowest BCUT2D eigenvalue weighted by atomic mass is 9.90. The number of ether oxygens (including phenoxy) is 3. The van der Waals surface area contributed by atoms with E-state index in [4.69, 9.17) is 15.2 Å². The fraction of sp³-hybridized carbons (Fsp3) is 1.00. The topological polar surface area (TPSA) is 53.7 Å². The van der Waals surface area contributed by atoms with E-state index in [1.807, 2.05) is 0 Å². The van der Waals surface area contributed by atoms with Crippen LogP contribution < -0.4 is 5.73 Å². The maximum Gasteiger partial charge on any atom is 0.522 e. The largest absolute Gasteiger partial charge is 0.522 e. The Balaban J connectivity index is 1.43. The summed E-state index contributed by atoms with van der Waals surface area (Å²) in [7, 11) is 0. The van der Waals surface area contributed by atoms with E-state index in [0.29, 0.717) is 26.1 Å². The molecule has 0 unspecified atom stereocenters. The minimum Gasteiger partial charge on any atom is -0.376 e. The van der Waals surface area contributed by atoms with E-state index in [-0.39, 0.29) is 18.2 Å². The normalized spacial score (nSPS) is 36.0. The first-order valence-corrected chi connectivity index (χ1v) is 6.15. The molecular formula is C11H18F3NO3. The van der Waals surface area contributed by atoms with Gasteiger partial charge in [0.2, 0.25) is 0 Å². The fourth-order valence-electron chi connectivity index (χ4n) is 2.11. The van der Waals surface area contributed by atoms with E-state index in [1.54, 1.807) is 0 Å². The van der Waals surface area contributed by atoms with Gasteiger partial charge in [-0.05, 0) is 12.8 Å². The minimum absolute atomic E-state index is 0.135. The molecule has 0 aromatic carbocycles. The molecule has 7 heteroatoms. The summed E-state index contributed by atoms with van der Waals surface area (Å²) in [6.45, 7) is 0.883. The second-order valence-electron chi connectivity index (χ2n) is 4.87. The monoisotopic (exact) mass is 269 g/mol. The van der Waals surface area contributed by atoms with Gasteiger partial charge < -0.3 is 15.2 Å². The predicted octanol–water partition coefficient (Wildman–Crippen LogP) is 1.58. The summed E-state index contributed by atoms with van der Waals surface area (Å²) in [5.41, 5.74) is 5.60. The second-order valence-corrected chi connectivity index (χ2v) is 4.87. The van der Waals surface area contributed by atoms with E-state index < -0.39 is 12.5 Å². The third-order valence-corrected chi connectivity index (χ3v) is 3.27. The molecule has 0 bridgehead atoms. The molecule has 0 saturated heterocycles. The Kier molecular flexibility index (Phi) is 4.47. The van der Waals surface area contributed by atoms with Gasteiger partial charge in [-0.2, -0.15) is 0 Å². The Morgan fingerprint density at radius 3 is 1.83 bits per heavy atom. The molecule has 106 valence electrons. The molecule has 2 fully saturated rings. The van der Waals surface area contributed by atoms with Gasteiger partial charge in [0.05, 0.1) is 31.5 Å². The van der Waals surface area contributed by atoms with Crippen LogP contribution in [0.25, 0.3) is 0 Å². The molecule has 18 heavy (non-hydrogen) atoms. The molecule has 2 rings (SSSR count). The molecule has 0 spiro atoms. The van der Waals surface area contributed by atoms with Crippen molar-refractivity contribution < 1.29 is 27.4 Å². The van der Waals surface area contributed by atoms with Crippen LogP contribution in [0.2, 0.25) is 0 Å². The lowest BCUT2D eigenvalue weighted by Gasteiger charge is -2.35. The zero-order valence-corrected chi connectivity index (χ0v) is 9.99. The smallest absolute Gasteiger partial charge is 0.376 e. The predicted molar refractivity (Wildman–Crippen MR) is 56.9 cm³/mol. The van der Waals surface area contributed by atoms with E-state index >= 15 is 0 Å². The van der Waals surface area contributed by atoms with Crippen molar-refractivity contribution in [2.24, 2.45) is 5.73 Å². The van der Waals surface area contributed by atoms with Crippen LogP contribution in [0.5, 0.6) is 0 Å². The van der Waals surface area contributed by atoms with Crippen LogP contribution in [0.3, 0.4) is 0 Å². The van der Waals surface area contributed by atoms with Crippen LogP contribution in [-0.4, -0.2) is 43.9 Å². The first-order valence-electron chi connectivity index (χ1n) is 6.15. The number of alkyl halides is 3. The molecule has 0 atom stereocenters. The van der Waals surface area contributed by atoms with E-state index in [0.717, 1.165) is 12.8 Å². The number of nitrogens with two attached hydrogens (primary N) is 1.